The number of nitrogens with one attached hydrogen (secondary N) is 2. The lowest BCUT2D eigenvalue weighted by Crippen LogP contribution is -2.37. The van der Waals surface area contributed by atoms with E-state index in [-0.39, 0.29) is 23.0 Å². The van der Waals surface area contributed by atoms with Crippen molar-refractivity contribution < 1.29 is 14.4 Å². The van der Waals surface area contributed by atoms with Crippen LogP contribution >= 0.6 is 0 Å². The van der Waals surface area contributed by atoms with Crippen molar-refractivity contribution in [2.24, 2.45) is 17.4 Å². The number of primary amides is 2. The van der Waals surface area contributed by atoms with Gasteiger partial charge in [-0.1, -0.05) is 0 Å². The van der Waals surface area contributed by atoms with Crippen molar-refractivity contribution in [3.63, 3.8) is 0 Å². The zero-order valence-corrected chi connectivity index (χ0v) is 11.5. The second-order valence-electron chi connectivity index (χ2n) is 5.06. The highest BCUT2D eigenvalue weighted by Crippen LogP contribution is 2.18. The Kier molecular flexibility index (Phi) is 4.54. The minimum absolute atomic E-state index is 0.128. The van der Waals surface area contributed by atoms with Crippen LogP contribution in [0.1, 0.15) is 33.6 Å². The predicted octanol–water partition coefficient (Wildman–Crippen LogP) is -0.177. The fourth-order valence-electron chi connectivity index (χ4n) is 2.30. The lowest BCUT2D eigenvalue weighted by molar-refractivity contribution is -0.120. The second-order valence-corrected chi connectivity index (χ2v) is 5.06. The molecular weight excluding hydrogens is 272 g/mol. The standard InChI is InChI=1S/C14H18N4O3/c15-12(19)9-4-10(13(16)20)6-11(5-9)18-14(21)8-2-1-3-17-7-8/h4-6,8,17H,1-3,7H2,(H2,15,19)(H2,16,20)(H,18,21)/t8-/m1/s1. The zero-order chi connectivity index (χ0) is 15.4. The molecule has 1 aliphatic heterocycles. The smallest absolute Gasteiger partial charge is 0.248 e. The normalized spacial score (nSPS) is 18.0. The molecule has 2 rings (SSSR count). The van der Waals surface area contributed by atoms with Crippen molar-refractivity contribution in [3.8, 4) is 0 Å². The Morgan fingerprint density at radius 3 is 2.19 bits per heavy atom. The average molecular weight is 290 g/mol. The first-order valence-electron chi connectivity index (χ1n) is 6.73. The summed E-state index contributed by atoms with van der Waals surface area (Å²) in [6.45, 7) is 1.52. The van der Waals surface area contributed by atoms with Crippen LogP contribution in [-0.2, 0) is 4.79 Å². The molecule has 1 saturated heterocycles. The second kappa shape index (κ2) is 6.36. The van der Waals surface area contributed by atoms with Gasteiger partial charge in [0.1, 0.15) is 0 Å². The predicted molar refractivity (Wildman–Crippen MR) is 77.7 cm³/mol. The maximum absolute atomic E-state index is 12.1. The van der Waals surface area contributed by atoms with Crippen LogP contribution in [-0.4, -0.2) is 30.8 Å². The van der Waals surface area contributed by atoms with Gasteiger partial charge in [-0.15, -0.1) is 0 Å². The molecule has 0 unspecified atom stereocenters. The molecule has 0 bridgehead atoms. The van der Waals surface area contributed by atoms with Gasteiger partial charge in [0.2, 0.25) is 17.7 Å². The van der Waals surface area contributed by atoms with Gasteiger partial charge < -0.3 is 22.1 Å². The fourth-order valence-corrected chi connectivity index (χ4v) is 2.30. The monoisotopic (exact) mass is 290 g/mol. The Labute approximate surface area is 122 Å². The summed E-state index contributed by atoms with van der Waals surface area (Å²) in [4.78, 5) is 34.7. The van der Waals surface area contributed by atoms with Crippen LogP contribution in [0.5, 0.6) is 0 Å². The summed E-state index contributed by atoms with van der Waals surface area (Å²) in [5.74, 6) is -1.66. The highest BCUT2D eigenvalue weighted by molar-refractivity contribution is 6.02. The van der Waals surface area contributed by atoms with Crippen LogP contribution in [0.15, 0.2) is 18.2 Å². The van der Waals surface area contributed by atoms with Crippen molar-refractivity contribution in [3.05, 3.63) is 29.3 Å². The molecule has 6 N–H and O–H groups in total. The molecule has 1 aromatic rings. The summed E-state index contributed by atoms with van der Waals surface area (Å²) in [6.07, 6.45) is 1.74. The summed E-state index contributed by atoms with van der Waals surface area (Å²) in [5.41, 5.74) is 11.0. The molecule has 1 aromatic carbocycles. The van der Waals surface area contributed by atoms with Gasteiger partial charge in [0.05, 0.1) is 5.92 Å². The van der Waals surface area contributed by atoms with Crippen LogP contribution in [0.3, 0.4) is 0 Å². The van der Waals surface area contributed by atoms with Crippen LogP contribution in [0, 0.1) is 5.92 Å². The zero-order valence-electron chi connectivity index (χ0n) is 11.5. The molecule has 0 saturated carbocycles. The van der Waals surface area contributed by atoms with Gasteiger partial charge in [-0.2, -0.15) is 0 Å². The van der Waals surface area contributed by atoms with Gasteiger partial charge in [0.15, 0.2) is 0 Å². The van der Waals surface area contributed by atoms with Crippen LogP contribution in [0.25, 0.3) is 0 Å². The van der Waals surface area contributed by atoms with Gasteiger partial charge >= 0.3 is 0 Å². The summed E-state index contributed by atoms with van der Waals surface area (Å²) in [7, 11) is 0. The molecule has 7 heteroatoms. The van der Waals surface area contributed by atoms with E-state index in [2.05, 4.69) is 10.6 Å². The number of benzene rings is 1. The van der Waals surface area contributed by atoms with E-state index in [1.807, 2.05) is 0 Å². The Morgan fingerprint density at radius 1 is 1.10 bits per heavy atom. The van der Waals surface area contributed by atoms with E-state index in [1.165, 1.54) is 18.2 Å². The summed E-state index contributed by atoms with van der Waals surface area (Å²) < 4.78 is 0. The van der Waals surface area contributed by atoms with E-state index < -0.39 is 11.8 Å². The van der Waals surface area contributed by atoms with Gasteiger partial charge in [-0.25, -0.2) is 0 Å². The molecule has 1 aliphatic rings. The summed E-state index contributed by atoms with van der Waals surface area (Å²) in [6, 6.07) is 4.17. The molecule has 1 atom stereocenters. The number of hydrogen-bond donors (Lipinski definition) is 4. The summed E-state index contributed by atoms with van der Waals surface area (Å²) in [5, 5.41) is 5.86. The molecule has 7 nitrogen and oxygen atoms in total. The number of anilines is 1. The Morgan fingerprint density at radius 2 is 1.71 bits per heavy atom. The Balaban J connectivity index is 2.20. The molecule has 1 heterocycles. The first kappa shape index (κ1) is 15.0. The number of amides is 3. The maximum Gasteiger partial charge on any atom is 0.248 e. The first-order chi connectivity index (χ1) is 9.97. The SMILES string of the molecule is NC(=O)c1cc(NC(=O)[C@@H]2CCCNC2)cc(C(N)=O)c1. The van der Waals surface area contributed by atoms with E-state index in [1.54, 1.807) is 0 Å². The maximum atomic E-state index is 12.1. The number of rotatable bonds is 4. The highest BCUT2D eigenvalue weighted by Gasteiger charge is 2.21. The molecule has 3 amide bonds. The van der Waals surface area contributed by atoms with Crippen molar-refractivity contribution in [1.29, 1.82) is 0 Å². The largest absolute Gasteiger partial charge is 0.366 e. The van der Waals surface area contributed by atoms with Crippen LogP contribution in [0.4, 0.5) is 5.69 Å². The van der Waals surface area contributed by atoms with Gasteiger partial charge in [0.25, 0.3) is 0 Å². The number of carbonyl (C=O) groups is 3. The van der Waals surface area contributed by atoms with Crippen molar-refractivity contribution in [2.75, 3.05) is 18.4 Å². The van der Waals surface area contributed by atoms with E-state index in [9.17, 15) is 14.4 Å². The Bertz CT molecular complexity index is 547. The van der Waals surface area contributed by atoms with Crippen molar-refractivity contribution >= 4 is 23.4 Å². The van der Waals surface area contributed by atoms with Gasteiger partial charge in [0, 0.05) is 23.4 Å². The number of hydrogen-bond acceptors (Lipinski definition) is 4. The Hall–Kier alpha value is -2.41. The van der Waals surface area contributed by atoms with E-state index in [0.29, 0.717) is 12.2 Å². The lowest BCUT2D eigenvalue weighted by Gasteiger charge is -2.22. The summed E-state index contributed by atoms with van der Waals surface area (Å²) >= 11 is 0. The molecule has 1 fully saturated rings. The first-order valence-corrected chi connectivity index (χ1v) is 6.73. The van der Waals surface area contributed by atoms with Crippen molar-refractivity contribution in [2.45, 2.75) is 12.8 Å². The average Bonchev–Trinajstić information content (AvgIpc) is 2.47. The molecule has 0 radical (unpaired) electrons. The quantitative estimate of drug-likeness (QED) is 0.613. The van der Waals surface area contributed by atoms with Crippen molar-refractivity contribution in [1.82, 2.24) is 5.32 Å². The van der Waals surface area contributed by atoms with Crippen LogP contribution < -0.4 is 22.1 Å². The molecule has 0 spiro atoms. The van der Waals surface area contributed by atoms with Gasteiger partial charge in [-0.3, -0.25) is 14.4 Å². The lowest BCUT2D eigenvalue weighted by atomic mass is 9.98. The topological polar surface area (TPSA) is 127 Å². The third-order valence-corrected chi connectivity index (χ3v) is 3.44. The fraction of sp³-hybridized carbons (Fsp3) is 0.357. The molecule has 0 aromatic heterocycles. The third kappa shape index (κ3) is 3.79. The minimum Gasteiger partial charge on any atom is -0.366 e. The number of carbonyl (C=O) groups excluding carboxylic acids is 3. The third-order valence-electron chi connectivity index (χ3n) is 3.44. The molecular formula is C14H18N4O3. The van der Waals surface area contributed by atoms with E-state index in [0.717, 1.165) is 19.4 Å². The minimum atomic E-state index is -0.687. The van der Waals surface area contributed by atoms with E-state index in [4.69, 9.17) is 11.5 Å². The number of nitrogens with two attached hydrogens (primary N) is 2. The highest BCUT2D eigenvalue weighted by atomic mass is 16.2. The molecule has 21 heavy (non-hydrogen) atoms. The van der Waals surface area contributed by atoms with E-state index >= 15 is 0 Å². The van der Waals surface area contributed by atoms with Gasteiger partial charge in [-0.05, 0) is 37.6 Å². The van der Waals surface area contributed by atoms with Crippen LogP contribution in [0.2, 0.25) is 0 Å². The number of piperidine rings is 1. The molecule has 112 valence electrons. The molecule has 0 aliphatic carbocycles.